The van der Waals surface area contributed by atoms with Gasteiger partial charge in [-0.05, 0) is 25.3 Å². The van der Waals surface area contributed by atoms with E-state index in [9.17, 15) is 4.79 Å². The molecule has 0 aromatic rings. The molecule has 2 rings (SSSR count). The van der Waals surface area contributed by atoms with Crippen LogP contribution in [0.15, 0.2) is 12.2 Å². The Morgan fingerprint density at radius 1 is 1.46 bits per heavy atom. The standard InChI is InChI=1S/C10H15NO2/c1-11-9-7-4-3-6(5-7)8(9)10(12)13-2/h3-4,6-9,11H,5H2,1-2H3. The predicted molar refractivity (Wildman–Crippen MR) is 49.1 cm³/mol. The molecule has 4 unspecified atom stereocenters. The molecular weight excluding hydrogens is 166 g/mol. The van der Waals surface area contributed by atoms with Crippen molar-refractivity contribution in [1.82, 2.24) is 5.32 Å². The number of allylic oxidation sites excluding steroid dienone is 1. The smallest absolute Gasteiger partial charge is 0.310 e. The first-order valence-corrected chi connectivity index (χ1v) is 4.71. The van der Waals surface area contributed by atoms with Gasteiger partial charge >= 0.3 is 5.97 Å². The Morgan fingerprint density at radius 2 is 2.15 bits per heavy atom. The zero-order chi connectivity index (χ0) is 9.42. The minimum Gasteiger partial charge on any atom is -0.469 e. The predicted octanol–water partition coefficient (Wildman–Crippen LogP) is 0.569. The quantitative estimate of drug-likeness (QED) is 0.500. The lowest BCUT2D eigenvalue weighted by Crippen LogP contribution is -2.41. The molecule has 0 saturated heterocycles. The molecule has 3 nitrogen and oxygen atoms in total. The molecule has 2 aliphatic carbocycles. The van der Waals surface area contributed by atoms with Crippen molar-refractivity contribution in [1.29, 1.82) is 0 Å². The van der Waals surface area contributed by atoms with Gasteiger partial charge in [-0.25, -0.2) is 0 Å². The van der Waals surface area contributed by atoms with Crippen molar-refractivity contribution in [3.63, 3.8) is 0 Å². The van der Waals surface area contributed by atoms with Crippen molar-refractivity contribution in [3.05, 3.63) is 12.2 Å². The van der Waals surface area contributed by atoms with Gasteiger partial charge in [-0.3, -0.25) is 4.79 Å². The van der Waals surface area contributed by atoms with Crippen LogP contribution >= 0.6 is 0 Å². The van der Waals surface area contributed by atoms with Crippen molar-refractivity contribution >= 4 is 5.97 Å². The zero-order valence-corrected chi connectivity index (χ0v) is 7.99. The Kier molecular flexibility index (Phi) is 2.12. The number of nitrogens with one attached hydrogen (secondary N) is 1. The summed E-state index contributed by atoms with van der Waals surface area (Å²) in [6, 6.07) is 0.280. The Hall–Kier alpha value is -0.830. The highest BCUT2D eigenvalue weighted by molar-refractivity contribution is 5.75. The van der Waals surface area contributed by atoms with Gasteiger partial charge in [0.15, 0.2) is 0 Å². The lowest BCUT2D eigenvalue weighted by Gasteiger charge is -2.25. The van der Waals surface area contributed by atoms with Crippen LogP contribution in [0.1, 0.15) is 6.42 Å². The molecule has 0 radical (unpaired) electrons. The van der Waals surface area contributed by atoms with Gasteiger partial charge in [0.2, 0.25) is 0 Å². The van der Waals surface area contributed by atoms with Crippen LogP contribution in [0, 0.1) is 17.8 Å². The topological polar surface area (TPSA) is 38.3 Å². The summed E-state index contributed by atoms with van der Waals surface area (Å²) in [6.45, 7) is 0. The second kappa shape index (κ2) is 3.14. The maximum Gasteiger partial charge on any atom is 0.310 e. The Bertz CT molecular complexity index is 249. The van der Waals surface area contributed by atoms with Crippen molar-refractivity contribution in [2.24, 2.45) is 17.8 Å². The number of hydrogen-bond acceptors (Lipinski definition) is 3. The minimum atomic E-state index is -0.0730. The number of methoxy groups -OCH3 is 1. The Balaban J connectivity index is 2.18. The van der Waals surface area contributed by atoms with Gasteiger partial charge in [-0.1, -0.05) is 12.2 Å². The van der Waals surface area contributed by atoms with Gasteiger partial charge in [0, 0.05) is 6.04 Å². The Labute approximate surface area is 78.1 Å². The first-order chi connectivity index (χ1) is 6.27. The molecule has 3 heteroatoms. The summed E-state index contributed by atoms with van der Waals surface area (Å²) in [5.41, 5.74) is 0. The zero-order valence-electron chi connectivity index (χ0n) is 7.99. The summed E-state index contributed by atoms with van der Waals surface area (Å²) in [6.07, 6.45) is 5.47. The third-order valence-electron chi connectivity index (χ3n) is 3.27. The molecule has 1 N–H and O–H groups in total. The summed E-state index contributed by atoms with van der Waals surface area (Å²) >= 11 is 0. The monoisotopic (exact) mass is 181 g/mol. The highest BCUT2D eigenvalue weighted by Gasteiger charge is 2.47. The van der Waals surface area contributed by atoms with Gasteiger partial charge < -0.3 is 10.1 Å². The van der Waals surface area contributed by atoms with Crippen molar-refractivity contribution in [2.45, 2.75) is 12.5 Å². The number of esters is 1. The van der Waals surface area contributed by atoms with E-state index in [1.54, 1.807) is 0 Å². The van der Waals surface area contributed by atoms with Crippen LogP contribution in [-0.4, -0.2) is 26.2 Å². The average Bonchev–Trinajstić information content (AvgIpc) is 2.74. The van der Waals surface area contributed by atoms with E-state index in [0.29, 0.717) is 11.8 Å². The van der Waals surface area contributed by atoms with E-state index in [2.05, 4.69) is 17.5 Å². The lowest BCUT2D eigenvalue weighted by atomic mass is 9.89. The van der Waals surface area contributed by atoms with Gasteiger partial charge in [0.25, 0.3) is 0 Å². The number of carbonyl (C=O) groups is 1. The number of fused-ring (bicyclic) bond motifs is 2. The first-order valence-electron chi connectivity index (χ1n) is 4.71. The number of hydrogen-bond donors (Lipinski definition) is 1. The summed E-state index contributed by atoms with van der Waals surface area (Å²) in [7, 11) is 3.37. The van der Waals surface area contributed by atoms with E-state index in [-0.39, 0.29) is 17.9 Å². The van der Waals surface area contributed by atoms with Crippen LogP contribution < -0.4 is 5.32 Å². The van der Waals surface area contributed by atoms with Crippen molar-refractivity contribution in [3.8, 4) is 0 Å². The van der Waals surface area contributed by atoms with E-state index in [0.717, 1.165) is 6.42 Å². The number of carbonyl (C=O) groups excluding carboxylic acids is 1. The summed E-state index contributed by atoms with van der Waals surface area (Å²) < 4.78 is 4.81. The fraction of sp³-hybridized carbons (Fsp3) is 0.700. The largest absolute Gasteiger partial charge is 0.469 e. The van der Waals surface area contributed by atoms with Crippen LogP contribution in [0.4, 0.5) is 0 Å². The second-order valence-corrected chi connectivity index (χ2v) is 3.81. The van der Waals surface area contributed by atoms with Crippen LogP contribution in [0.5, 0.6) is 0 Å². The number of rotatable bonds is 2. The normalized spacial score (nSPS) is 41.1. The maximum absolute atomic E-state index is 11.5. The molecule has 2 aliphatic rings. The molecule has 4 atom stereocenters. The molecule has 2 bridgehead atoms. The fourth-order valence-corrected chi connectivity index (χ4v) is 2.67. The van der Waals surface area contributed by atoms with Crippen LogP contribution in [-0.2, 0) is 9.53 Å². The molecule has 0 aromatic carbocycles. The summed E-state index contributed by atoms with van der Waals surface area (Å²) in [5, 5.41) is 3.21. The van der Waals surface area contributed by atoms with E-state index < -0.39 is 0 Å². The lowest BCUT2D eigenvalue weighted by molar-refractivity contribution is -0.147. The molecule has 0 spiro atoms. The third-order valence-corrected chi connectivity index (χ3v) is 3.27. The molecular formula is C10H15NO2. The fourth-order valence-electron chi connectivity index (χ4n) is 2.67. The van der Waals surface area contributed by atoms with E-state index in [4.69, 9.17) is 4.74 Å². The Morgan fingerprint density at radius 3 is 2.77 bits per heavy atom. The first kappa shape index (κ1) is 8.75. The highest BCUT2D eigenvalue weighted by Crippen LogP contribution is 2.43. The maximum atomic E-state index is 11.5. The van der Waals surface area contributed by atoms with E-state index in [1.807, 2.05) is 7.05 Å². The molecule has 0 aromatic heterocycles. The molecule has 0 aliphatic heterocycles. The molecule has 1 saturated carbocycles. The van der Waals surface area contributed by atoms with Gasteiger partial charge in [0.05, 0.1) is 13.0 Å². The van der Waals surface area contributed by atoms with Gasteiger partial charge in [-0.2, -0.15) is 0 Å². The van der Waals surface area contributed by atoms with Gasteiger partial charge in [-0.15, -0.1) is 0 Å². The number of ether oxygens (including phenoxy) is 1. The molecule has 72 valence electrons. The average molecular weight is 181 g/mol. The molecule has 0 amide bonds. The molecule has 1 fully saturated rings. The third kappa shape index (κ3) is 1.18. The van der Waals surface area contributed by atoms with E-state index >= 15 is 0 Å². The second-order valence-electron chi connectivity index (χ2n) is 3.81. The van der Waals surface area contributed by atoms with Crippen molar-refractivity contribution in [2.75, 3.05) is 14.2 Å². The minimum absolute atomic E-state index is 0.0324. The molecule has 13 heavy (non-hydrogen) atoms. The van der Waals surface area contributed by atoms with Gasteiger partial charge in [0.1, 0.15) is 0 Å². The molecule has 0 heterocycles. The van der Waals surface area contributed by atoms with Crippen LogP contribution in [0.2, 0.25) is 0 Å². The van der Waals surface area contributed by atoms with Crippen molar-refractivity contribution < 1.29 is 9.53 Å². The van der Waals surface area contributed by atoms with Crippen LogP contribution in [0.3, 0.4) is 0 Å². The summed E-state index contributed by atoms with van der Waals surface area (Å²) in [5.74, 6) is 0.884. The highest BCUT2D eigenvalue weighted by atomic mass is 16.5. The SMILES string of the molecule is CNC1C2C=CC(C2)C1C(=O)OC. The van der Waals surface area contributed by atoms with Crippen LogP contribution in [0.25, 0.3) is 0 Å². The van der Waals surface area contributed by atoms with E-state index in [1.165, 1.54) is 7.11 Å². The summed E-state index contributed by atoms with van der Waals surface area (Å²) in [4.78, 5) is 11.5.